The standard InChI is InChI=1S/C15H16N2O3/c1-15(2,10-5-7-17-8-6-10)20-13-4-3-11(16)9-12(13)14(18)19/h3-9H,16H2,1-2H3,(H,18,19). The minimum absolute atomic E-state index is 0.0483. The topological polar surface area (TPSA) is 85.4 Å². The first-order valence-electron chi connectivity index (χ1n) is 6.12. The summed E-state index contributed by atoms with van der Waals surface area (Å²) >= 11 is 0. The average molecular weight is 272 g/mol. The second-order valence-corrected chi connectivity index (χ2v) is 4.91. The Morgan fingerprint density at radius 2 is 1.90 bits per heavy atom. The molecule has 0 saturated heterocycles. The van der Waals surface area contributed by atoms with Crippen LogP contribution in [0.3, 0.4) is 0 Å². The Bertz CT molecular complexity index is 624. The SMILES string of the molecule is CC(C)(Oc1ccc(N)cc1C(=O)O)c1ccncc1. The molecule has 1 aromatic heterocycles. The van der Waals surface area contributed by atoms with Crippen LogP contribution in [0.5, 0.6) is 5.75 Å². The highest BCUT2D eigenvalue weighted by molar-refractivity contribution is 5.92. The second-order valence-electron chi connectivity index (χ2n) is 4.91. The van der Waals surface area contributed by atoms with E-state index < -0.39 is 11.6 Å². The van der Waals surface area contributed by atoms with Gasteiger partial charge in [0.1, 0.15) is 16.9 Å². The number of carboxylic acids is 1. The molecule has 2 aromatic rings. The highest BCUT2D eigenvalue weighted by atomic mass is 16.5. The van der Waals surface area contributed by atoms with Gasteiger partial charge in [0, 0.05) is 18.1 Å². The molecule has 0 aliphatic heterocycles. The summed E-state index contributed by atoms with van der Waals surface area (Å²) in [4.78, 5) is 15.2. The number of hydrogen-bond acceptors (Lipinski definition) is 4. The van der Waals surface area contributed by atoms with E-state index in [0.717, 1.165) is 5.56 Å². The van der Waals surface area contributed by atoms with Crippen molar-refractivity contribution in [3.63, 3.8) is 0 Å². The Morgan fingerprint density at radius 1 is 1.25 bits per heavy atom. The molecule has 0 aliphatic carbocycles. The van der Waals surface area contributed by atoms with Crippen LogP contribution in [0.15, 0.2) is 42.7 Å². The summed E-state index contributed by atoms with van der Waals surface area (Å²) in [5, 5.41) is 9.21. The van der Waals surface area contributed by atoms with Gasteiger partial charge in [0.15, 0.2) is 0 Å². The Morgan fingerprint density at radius 3 is 2.50 bits per heavy atom. The smallest absolute Gasteiger partial charge is 0.339 e. The molecule has 0 atom stereocenters. The van der Waals surface area contributed by atoms with Crippen molar-refractivity contribution in [3.05, 3.63) is 53.9 Å². The normalized spacial score (nSPS) is 11.1. The molecule has 2 rings (SSSR count). The summed E-state index contributed by atoms with van der Waals surface area (Å²) < 4.78 is 5.87. The summed E-state index contributed by atoms with van der Waals surface area (Å²) in [7, 11) is 0. The summed E-state index contributed by atoms with van der Waals surface area (Å²) in [5.74, 6) is -0.786. The molecule has 5 heteroatoms. The zero-order valence-electron chi connectivity index (χ0n) is 11.3. The van der Waals surface area contributed by atoms with E-state index in [2.05, 4.69) is 4.98 Å². The maximum atomic E-state index is 11.3. The lowest BCUT2D eigenvalue weighted by molar-refractivity contribution is 0.0672. The van der Waals surface area contributed by atoms with Crippen molar-refractivity contribution >= 4 is 11.7 Å². The van der Waals surface area contributed by atoms with E-state index in [9.17, 15) is 9.90 Å². The zero-order valence-corrected chi connectivity index (χ0v) is 11.3. The first kappa shape index (κ1) is 13.9. The second kappa shape index (κ2) is 5.21. The van der Waals surface area contributed by atoms with Gasteiger partial charge in [-0.15, -0.1) is 0 Å². The maximum Gasteiger partial charge on any atom is 0.339 e. The molecule has 0 spiro atoms. The highest BCUT2D eigenvalue weighted by Gasteiger charge is 2.25. The third kappa shape index (κ3) is 2.88. The number of carbonyl (C=O) groups is 1. The van der Waals surface area contributed by atoms with E-state index in [1.165, 1.54) is 6.07 Å². The molecular formula is C15H16N2O3. The largest absolute Gasteiger partial charge is 0.482 e. The van der Waals surface area contributed by atoms with Gasteiger partial charge in [-0.2, -0.15) is 0 Å². The first-order chi connectivity index (χ1) is 9.40. The van der Waals surface area contributed by atoms with Crippen LogP contribution in [-0.2, 0) is 5.60 Å². The van der Waals surface area contributed by atoms with Gasteiger partial charge in [-0.1, -0.05) is 0 Å². The molecule has 1 aromatic carbocycles. The van der Waals surface area contributed by atoms with Gasteiger partial charge in [-0.05, 0) is 49.7 Å². The van der Waals surface area contributed by atoms with Gasteiger partial charge < -0.3 is 15.6 Å². The summed E-state index contributed by atoms with van der Waals surface area (Å²) in [5.41, 5.74) is 6.27. The Labute approximate surface area is 117 Å². The number of carboxylic acid groups (broad SMARTS) is 1. The van der Waals surface area contributed by atoms with Crippen molar-refractivity contribution in [2.45, 2.75) is 19.4 Å². The molecule has 0 bridgehead atoms. The summed E-state index contributed by atoms with van der Waals surface area (Å²) in [6.07, 6.45) is 3.34. The number of pyridine rings is 1. The fourth-order valence-corrected chi connectivity index (χ4v) is 1.89. The number of nitrogen functional groups attached to an aromatic ring is 1. The molecular weight excluding hydrogens is 256 g/mol. The molecule has 20 heavy (non-hydrogen) atoms. The molecule has 0 amide bonds. The number of rotatable bonds is 4. The molecule has 0 saturated carbocycles. The lowest BCUT2D eigenvalue weighted by Gasteiger charge is -2.27. The summed E-state index contributed by atoms with van der Waals surface area (Å²) in [6, 6.07) is 8.24. The third-order valence-corrected chi connectivity index (χ3v) is 2.97. The fourth-order valence-electron chi connectivity index (χ4n) is 1.89. The van der Waals surface area contributed by atoms with E-state index in [4.69, 9.17) is 10.5 Å². The Kier molecular flexibility index (Phi) is 3.61. The molecule has 3 N–H and O–H groups in total. The number of nitrogens with zero attached hydrogens (tertiary/aromatic N) is 1. The maximum absolute atomic E-state index is 11.3. The van der Waals surface area contributed by atoms with Gasteiger partial charge in [0.2, 0.25) is 0 Å². The molecule has 0 radical (unpaired) electrons. The number of ether oxygens (including phenoxy) is 1. The van der Waals surface area contributed by atoms with Gasteiger partial charge in [-0.25, -0.2) is 4.79 Å². The lowest BCUT2D eigenvalue weighted by Crippen LogP contribution is -2.26. The monoisotopic (exact) mass is 272 g/mol. The molecule has 0 fully saturated rings. The Hall–Kier alpha value is -2.56. The van der Waals surface area contributed by atoms with Gasteiger partial charge >= 0.3 is 5.97 Å². The Balaban J connectivity index is 2.37. The van der Waals surface area contributed by atoms with Crippen LogP contribution in [0.1, 0.15) is 29.8 Å². The van der Waals surface area contributed by atoms with Crippen LogP contribution >= 0.6 is 0 Å². The van der Waals surface area contributed by atoms with Crippen LogP contribution in [0.4, 0.5) is 5.69 Å². The van der Waals surface area contributed by atoms with E-state index in [-0.39, 0.29) is 11.3 Å². The number of benzene rings is 1. The van der Waals surface area contributed by atoms with E-state index >= 15 is 0 Å². The fraction of sp³-hybridized carbons (Fsp3) is 0.200. The van der Waals surface area contributed by atoms with Crippen molar-refractivity contribution in [1.29, 1.82) is 0 Å². The van der Waals surface area contributed by atoms with Crippen molar-refractivity contribution in [2.24, 2.45) is 0 Å². The average Bonchev–Trinajstić information content (AvgIpc) is 2.41. The van der Waals surface area contributed by atoms with Gasteiger partial charge in [-0.3, -0.25) is 4.98 Å². The highest BCUT2D eigenvalue weighted by Crippen LogP contribution is 2.30. The first-order valence-corrected chi connectivity index (χ1v) is 6.12. The molecule has 0 aliphatic rings. The molecule has 1 heterocycles. The van der Waals surface area contributed by atoms with Crippen LogP contribution < -0.4 is 10.5 Å². The van der Waals surface area contributed by atoms with Crippen molar-refractivity contribution in [1.82, 2.24) is 4.98 Å². The van der Waals surface area contributed by atoms with E-state index in [0.29, 0.717) is 5.69 Å². The van der Waals surface area contributed by atoms with E-state index in [1.807, 2.05) is 26.0 Å². The number of anilines is 1. The quantitative estimate of drug-likeness (QED) is 0.836. The number of aromatic nitrogens is 1. The number of nitrogens with two attached hydrogens (primary N) is 1. The molecule has 0 unspecified atom stereocenters. The predicted octanol–water partition coefficient (Wildman–Crippen LogP) is 2.68. The predicted molar refractivity (Wildman–Crippen MR) is 75.7 cm³/mol. The van der Waals surface area contributed by atoms with Crippen molar-refractivity contribution < 1.29 is 14.6 Å². The van der Waals surface area contributed by atoms with Crippen LogP contribution in [0.25, 0.3) is 0 Å². The molecule has 5 nitrogen and oxygen atoms in total. The molecule has 104 valence electrons. The third-order valence-electron chi connectivity index (χ3n) is 2.97. The minimum Gasteiger partial charge on any atom is -0.482 e. The van der Waals surface area contributed by atoms with Crippen molar-refractivity contribution in [3.8, 4) is 5.75 Å². The van der Waals surface area contributed by atoms with Crippen molar-refractivity contribution in [2.75, 3.05) is 5.73 Å². The van der Waals surface area contributed by atoms with Crippen LogP contribution in [0, 0.1) is 0 Å². The van der Waals surface area contributed by atoms with Gasteiger partial charge in [0.05, 0.1) is 0 Å². The number of aromatic carboxylic acids is 1. The van der Waals surface area contributed by atoms with Gasteiger partial charge in [0.25, 0.3) is 0 Å². The number of hydrogen-bond donors (Lipinski definition) is 2. The van der Waals surface area contributed by atoms with Crippen LogP contribution in [-0.4, -0.2) is 16.1 Å². The lowest BCUT2D eigenvalue weighted by atomic mass is 9.99. The van der Waals surface area contributed by atoms with E-state index in [1.54, 1.807) is 24.5 Å². The minimum atomic E-state index is -1.07. The van der Waals surface area contributed by atoms with Crippen LogP contribution in [0.2, 0.25) is 0 Å². The zero-order chi connectivity index (χ0) is 14.8. The summed E-state index contributed by atoms with van der Waals surface area (Å²) in [6.45, 7) is 3.73.